The minimum atomic E-state index is -0.740. The lowest BCUT2D eigenvalue weighted by molar-refractivity contribution is -0.145. The molecular weight excluding hydrogens is 280 g/mol. The highest BCUT2D eigenvalue weighted by Crippen LogP contribution is 2.28. The van der Waals surface area contributed by atoms with Gasteiger partial charge in [-0.1, -0.05) is 40.0 Å². The summed E-state index contributed by atoms with van der Waals surface area (Å²) in [5.74, 6) is -1.11. The Hall–Kier alpha value is -1.10. The number of carboxylic acid groups (broad SMARTS) is 1. The van der Waals surface area contributed by atoms with Gasteiger partial charge in [-0.3, -0.25) is 14.5 Å². The molecule has 2 unspecified atom stereocenters. The van der Waals surface area contributed by atoms with Crippen molar-refractivity contribution >= 4 is 11.9 Å². The number of likely N-dealkylation sites (tertiary alicyclic amines) is 1. The third-order valence-electron chi connectivity index (χ3n) is 4.94. The Balaban J connectivity index is 2.03. The van der Waals surface area contributed by atoms with Crippen LogP contribution in [0, 0.1) is 11.3 Å². The Morgan fingerprint density at radius 3 is 2.27 bits per heavy atom. The minimum absolute atomic E-state index is 0.00660. The van der Waals surface area contributed by atoms with Crippen molar-refractivity contribution in [3.05, 3.63) is 0 Å². The molecule has 1 aliphatic heterocycles. The average molecular weight is 310 g/mol. The van der Waals surface area contributed by atoms with E-state index in [2.05, 4.69) is 10.2 Å². The maximum Gasteiger partial charge on any atom is 0.307 e. The summed E-state index contributed by atoms with van der Waals surface area (Å²) in [6, 6.07) is 0.438. The van der Waals surface area contributed by atoms with E-state index in [-0.39, 0.29) is 17.9 Å². The van der Waals surface area contributed by atoms with Crippen molar-refractivity contribution in [3.8, 4) is 0 Å². The van der Waals surface area contributed by atoms with E-state index >= 15 is 0 Å². The molecule has 0 aromatic heterocycles. The molecule has 0 aromatic rings. The summed E-state index contributed by atoms with van der Waals surface area (Å²) in [6.45, 7) is 7.08. The molecule has 2 atom stereocenters. The number of piperidine rings is 1. The zero-order chi connectivity index (χ0) is 16.3. The minimum Gasteiger partial charge on any atom is -0.481 e. The fourth-order valence-electron chi connectivity index (χ4n) is 3.56. The summed E-state index contributed by atoms with van der Waals surface area (Å²) in [5, 5.41) is 12.5. The number of carboxylic acids is 1. The summed E-state index contributed by atoms with van der Waals surface area (Å²) in [6.07, 6.45) is 6.62. The first-order valence-electron chi connectivity index (χ1n) is 8.55. The Bertz CT molecular complexity index is 411. The fraction of sp³-hybridized carbons (Fsp3) is 0.882. The van der Waals surface area contributed by atoms with E-state index in [0.29, 0.717) is 19.0 Å². The molecule has 2 rings (SSSR count). The monoisotopic (exact) mass is 310 g/mol. The second-order valence-corrected chi connectivity index (χ2v) is 7.94. The number of carbonyl (C=O) groups is 2. The first-order chi connectivity index (χ1) is 10.3. The van der Waals surface area contributed by atoms with Crippen molar-refractivity contribution < 1.29 is 14.7 Å². The molecule has 1 saturated carbocycles. The third kappa shape index (κ3) is 4.45. The average Bonchev–Trinajstić information content (AvgIpc) is 2.46. The van der Waals surface area contributed by atoms with E-state index in [1.165, 1.54) is 19.3 Å². The maximum atomic E-state index is 12.2. The quantitative estimate of drug-likeness (QED) is 0.839. The van der Waals surface area contributed by atoms with Crippen molar-refractivity contribution in [1.29, 1.82) is 0 Å². The summed E-state index contributed by atoms with van der Waals surface area (Å²) >= 11 is 0. The zero-order valence-electron chi connectivity index (χ0n) is 14.1. The van der Waals surface area contributed by atoms with Crippen LogP contribution in [0.2, 0.25) is 0 Å². The second-order valence-electron chi connectivity index (χ2n) is 7.94. The maximum absolute atomic E-state index is 12.2. The highest BCUT2D eigenvalue weighted by Gasteiger charge is 2.36. The Kier molecular flexibility index (Phi) is 5.48. The molecule has 2 aliphatic rings. The normalized spacial score (nSPS) is 28.3. The van der Waals surface area contributed by atoms with E-state index in [1.54, 1.807) is 0 Å². The molecule has 2 fully saturated rings. The summed E-state index contributed by atoms with van der Waals surface area (Å²) in [7, 11) is 0. The molecule has 0 aromatic carbocycles. The molecule has 126 valence electrons. The van der Waals surface area contributed by atoms with Crippen LogP contribution in [0.25, 0.3) is 0 Å². The van der Waals surface area contributed by atoms with E-state index < -0.39 is 11.4 Å². The first kappa shape index (κ1) is 17.3. The molecule has 1 saturated heterocycles. The van der Waals surface area contributed by atoms with Gasteiger partial charge in [0.15, 0.2) is 0 Å². The van der Waals surface area contributed by atoms with Crippen LogP contribution >= 0.6 is 0 Å². The van der Waals surface area contributed by atoms with Crippen LogP contribution in [0.5, 0.6) is 0 Å². The Morgan fingerprint density at radius 2 is 1.73 bits per heavy atom. The van der Waals surface area contributed by atoms with Crippen LogP contribution < -0.4 is 5.32 Å². The van der Waals surface area contributed by atoms with E-state index in [9.17, 15) is 14.7 Å². The number of nitrogens with zero attached hydrogens (tertiary/aromatic N) is 1. The van der Waals surface area contributed by atoms with Gasteiger partial charge in [-0.25, -0.2) is 0 Å². The van der Waals surface area contributed by atoms with E-state index in [1.807, 2.05) is 20.8 Å². The molecular formula is C17H30N2O3. The number of nitrogens with one attached hydrogen (secondary N) is 1. The first-order valence-corrected chi connectivity index (χ1v) is 8.55. The van der Waals surface area contributed by atoms with Crippen molar-refractivity contribution in [3.63, 3.8) is 0 Å². The van der Waals surface area contributed by atoms with Crippen molar-refractivity contribution in [1.82, 2.24) is 10.2 Å². The van der Waals surface area contributed by atoms with Gasteiger partial charge in [0.05, 0.1) is 5.92 Å². The number of hydrogen-bond donors (Lipinski definition) is 2. The van der Waals surface area contributed by atoms with Crippen LogP contribution in [0.15, 0.2) is 0 Å². The molecule has 1 aliphatic carbocycles. The molecule has 0 bridgehead atoms. The van der Waals surface area contributed by atoms with Gasteiger partial charge < -0.3 is 10.4 Å². The van der Waals surface area contributed by atoms with Crippen LogP contribution in [0.4, 0.5) is 0 Å². The molecule has 5 heteroatoms. The van der Waals surface area contributed by atoms with Crippen LogP contribution in [-0.4, -0.2) is 47.1 Å². The lowest BCUT2D eigenvalue weighted by Gasteiger charge is -2.42. The number of hydrogen-bond acceptors (Lipinski definition) is 3. The highest BCUT2D eigenvalue weighted by molar-refractivity contribution is 5.81. The summed E-state index contributed by atoms with van der Waals surface area (Å²) in [5.41, 5.74) is -0.439. The van der Waals surface area contributed by atoms with Gasteiger partial charge >= 0.3 is 5.97 Å². The molecule has 22 heavy (non-hydrogen) atoms. The number of carbonyl (C=O) groups excluding carboxylic acids is 1. The van der Waals surface area contributed by atoms with E-state index in [4.69, 9.17) is 0 Å². The smallest absolute Gasteiger partial charge is 0.307 e. The van der Waals surface area contributed by atoms with E-state index in [0.717, 1.165) is 19.4 Å². The molecule has 0 spiro atoms. The standard InChI is InChI=1S/C17H30N2O3/c1-17(2,3)16(22)18-13-9-12(15(20)21)10-19(11-13)14-7-5-4-6-8-14/h12-14H,4-11H2,1-3H3,(H,18,22)(H,20,21). The van der Waals surface area contributed by atoms with Gasteiger partial charge in [0, 0.05) is 30.6 Å². The van der Waals surface area contributed by atoms with Crippen LogP contribution in [-0.2, 0) is 9.59 Å². The summed E-state index contributed by atoms with van der Waals surface area (Å²) in [4.78, 5) is 26.0. The summed E-state index contributed by atoms with van der Waals surface area (Å²) < 4.78 is 0. The molecule has 0 radical (unpaired) electrons. The lowest BCUT2D eigenvalue weighted by Crippen LogP contribution is -2.56. The lowest BCUT2D eigenvalue weighted by atomic mass is 9.87. The van der Waals surface area contributed by atoms with Gasteiger partial charge in [0.25, 0.3) is 0 Å². The Morgan fingerprint density at radius 1 is 1.09 bits per heavy atom. The predicted molar refractivity (Wildman–Crippen MR) is 85.6 cm³/mol. The second kappa shape index (κ2) is 6.99. The van der Waals surface area contributed by atoms with Gasteiger partial charge in [-0.15, -0.1) is 0 Å². The van der Waals surface area contributed by atoms with Crippen molar-refractivity contribution in [2.45, 2.75) is 71.4 Å². The van der Waals surface area contributed by atoms with Crippen molar-refractivity contribution in [2.24, 2.45) is 11.3 Å². The third-order valence-corrected chi connectivity index (χ3v) is 4.94. The molecule has 1 amide bonds. The number of amides is 1. The van der Waals surface area contributed by atoms with Crippen LogP contribution in [0.3, 0.4) is 0 Å². The number of aliphatic carboxylic acids is 1. The topological polar surface area (TPSA) is 69.6 Å². The highest BCUT2D eigenvalue weighted by atomic mass is 16.4. The Labute approximate surface area is 133 Å². The number of rotatable bonds is 3. The van der Waals surface area contributed by atoms with Gasteiger partial charge in [-0.2, -0.15) is 0 Å². The van der Waals surface area contributed by atoms with Crippen LogP contribution in [0.1, 0.15) is 59.3 Å². The predicted octanol–water partition coefficient (Wildman–Crippen LogP) is 2.26. The van der Waals surface area contributed by atoms with Crippen molar-refractivity contribution in [2.75, 3.05) is 13.1 Å². The molecule has 2 N–H and O–H groups in total. The van der Waals surface area contributed by atoms with Gasteiger partial charge in [0.1, 0.15) is 0 Å². The largest absolute Gasteiger partial charge is 0.481 e. The molecule has 1 heterocycles. The fourth-order valence-corrected chi connectivity index (χ4v) is 3.56. The molecule has 5 nitrogen and oxygen atoms in total. The zero-order valence-corrected chi connectivity index (χ0v) is 14.1. The van der Waals surface area contributed by atoms with Gasteiger partial charge in [-0.05, 0) is 19.3 Å². The SMILES string of the molecule is CC(C)(C)C(=O)NC1CC(C(=O)O)CN(C2CCCCC2)C1. The van der Waals surface area contributed by atoms with Gasteiger partial charge in [0.2, 0.25) is 5.91 Å².